The minimum Gasteiger partial charge on any atom is -0.390 e. The molecule has 0 saturated heterocycles. The smallest absolute Gasteiger partial charge is 0.0951 e. The van der Waals surface area contributed by atoms with Crippen molar-refractivity contribution < 1.29 is 5.11 Å². The first-order valence-corrected chi connectivity index (χ1v) is 5.96. The van der Waals surface area contributed by atoms with Crippen molar-refractivity contribution >= 4 is 0 Å². The maximum atomic E-state index is 9.20. The molecule has 2 rings (SSSR count). The lowest BCUT2D eigenvalue weighted by Crippen LogP contribution is -2.19. The third-order valence-electron chi connectivity index (χ3n) is 3.63. The molecule has 0 amide bonds. The number of hydrogen-bond acceptors (Lipinski definition) is 2. The fourth-order valence-electron chi connectivity index (χ4n) is 2.67. The second-order valence-corrected chi connectivity index (χ2v) is 4.55. The van der Waals surface area contributed by atoms with Gasteiger partial charge in [0.2, 0.25) is 0 Å². The summed E-state index contributed by atoms with van der Waals surface area (Å²) in [6, 6.07) is 0.563. The van der Waals surface area contributed by atoms with Crippen LogP contribution >= 0.6 is 0 Å². The summed E-state index contributed by atoms with van der Waals surface area (Å²) in [7, 11) is 0. The molecule has 2 unspecified atom stereocenters. The molecule has 1 N–H and O–H groups in total. The first-order chi connectivity index (χ1) is 7.35. The summed E-state index contributed by atoms with van der Waals surface area (Å²) >= 11 is 0. The minimum absolute atomic E-state index is 0.104. The third kappa shape index (κ3) is 2.23. The van der Waals surface area contributed by atoms with Gasteiger partial charge in [-0.2, -0.15) is 0 Å². The van der Waals surface area contributed by atoms with Crippen LogP contribution in [0.4, 0.5) is 0 Å². The van der Waals surface area contributed by atoms with Crippen molar-refractivity contribution in [3.05, 3.63) is 18.2 Å². The van der Waals surface area contributed by atoms with Crippen LogP contribution in [0.1, 0.15) is 50.8 Å². The van der Waals surface area contributed by atoms with E-state index in [0.29, 0.717) is 6.04 Å². The van der Waals surface area contributed by atoms with Crippen molar-refractivity contribution in [3.63, 3.8) is 0 Å². The van der Waals surface area contributed by atoms with Gasteiger partial charge in [-0.3, -0.25) is 0 Å². The predicted octanol–water partition coefficient (Wildman–Crippen LogP) is 2.52. The number of hydrogen-bond donors (Lipinski definition) is 1. The van der Waals surface area contributed by atoms with Gasteiger partial charge in [0, 0.05) is 6.04 Å². The maximum absolute atomic E-state index is 9.20. The largest absolute Gasteiger partial charge is 0.390 e. The molecule has 0 aliphatic heterocycles. The summed E-state index contributed by atoms with van der Waals surface area (Å²) in [6.45, 7) is 2.38. The molecule has 3 nitrogen and oxygen atoms in total. The zero-order valence-corrected chi connectivity index (χ0v) is 9.39. The quantitative estimate of drug-likeness (QED) is 0.828. The zero-order valence-electron chi connectivity index (χ0n) is 9.39. The molecule has 84 valence electrons. The molecule has 15 heavy (non-hydrogen) atoms. The van der Waals surface area contributed by atoms with Crippen molar-refractivity contribution in [1.82, 2.24) is 9.55 Å². The molecule has 0 bridgehead atoms. The Hall–Kier alpha value is -0.830. The molecule has 1 aromatic heterocycles. The Morgan fingerprint density at radius 1 is 1.53 bits per heavy atom. The normalized spacial score (nSPS) is 26.8. The SMILES string of the molecule is CCC1CCCC(n2cncc2CO)C1. The summed E-state index contributed by atoms with van der Waals surface area (Å²) in [6.07, 6.45) is 10.1. The highest BCUT2D eigenvalue weighted by Crippen LogP contribution is 2.34. The first kappa shape index (κ1) is 10.7. The van der Waals surface area contributed by atoms with Crippen LogP contribution in [0.15, 0.2) is 12.5 Å². The van der Waals surface area contributed by atoms with Gasteiger partial charge in [-0.1, -0.05) is 26.2 Å². The molecule has 1 aromatic rings. The third-order valence-corrected chi connectivity index (χ3v) is 3.63. The molecule has 0 aromatic carbocycles. The average Bonchev–Trinajstić information content (AvgIpc) is 2.77. The average molecular weight is 208 g/mol. The molecule has 0 spiro atoms. The van der Waals surface area contributed by atoms with E-state index in [1.54, 1.807) is 6.20 Å². The van der Waals surface area contributed by atoms with Gasteiger partial charge in [-0.25, -0.2) is 4.98 Å². The Labute approximate surface area is 91.1 Å². The fourth-order valence-corrected chi connectivity index (χ4v) is 2.67. The van der Waals surface area contributed by atoms with Crippen LogP contribution in [-0.4, -0.2) is 14.7 Å². The number of imidazole rings is 1. The second-order valence-electron chi connectivity index (χ2n) is 4.55. The Morgan fingerprint density at radius 2 is 2.40 bits per heavy atom. The van der Waals surface area contributed by atoms with Crippen molar-refractivity contribution in [2.75, 3.05) is 0 Å². The highest BCUT2D eigenvalue weighted by Gasteiger charge is 2.22. The Kier molecular flexibility index (Phi) is 3.41. The van der Waals surface area contributed by atoms with Crippen LogP contribution in [0.5, 0.6) is 0 Å². The molecule has 2 atom stereocenters. The van der Waals surface area contributed by atoms with Gasteiger partial charge in [-0.15, -0.1) is 0 Å². The van der Waals surface area contributed by atoms with Crippen LogP contribution in [0.3, 0.4) is 0 Å². The fraction of sp³-hybridized carbons (Fsp3) is 0.750. The summed E-state index contributed by atoms with van der Waals surface area (Å²) in [5.41, 5.74) is 0.955. The predicted molar refractivity (Wildman–Crippen MR) is 59.4 cm³/mol. The number of aliphatic hydroxyl groups is 1. The number of rotatable bonds is 3. The van der Waals surface area contributed by atoms with Gasteiger partial charge in [-0.05, 0) is 18.8 Å². The topological polar surface area (TPSA) is 38.0 Å². The standard InChI is InChI=1S/C12H20N2O/c1-2-10-4-3-5-11(6-10)14-9-13-7-12(14)8-15/h7,9-11,15H,2-6,8H2,1H3. The number of nitrogens with zero attached hydrogens (tertiary/aromatic N) is 2. The van der Waals surface area contributed by atoms with Gasteiger partial charge in [0.1, 0.15) is 0 Å². The molecule has 1 heterocycles. The van der Waals surface area contributed by atoms with E-state index in [0.717, 1.165) is 11.6 Å². The van der Waals surface area contributed by atoms with Gasteiger partial charge >= 0.3 is 0 Å². The van der Waals surface area contributed by atoms with E-state index in [1.165, 1.54) is 32.1 Å². The van der Waals surface area contributed by atoms with Gasteiger partial charge < -0.3 is 9.67 Å². The minimum atomic E-state index is 0.104. The van der Waals surface area contributed by atoms with Gasteiger partial charge in [0.05, 0.1) is 24.8 Å². The monoisotopic (exact) mass is 208 g/mol. The van der Waals surface area contributed by atoms with E-state index in [1.807, 2.05) is 6.33 Å². The van der Waals surface area contributed by atoms with Gasteiger partial charge in [0.25, 0.3) is 0 Å². The molecule has 1 aliphatic rings. The number of aromatic nitrogens is 2. The number of aliphatic hydroxyl groups excluding tert-OH is 1. The van der Waals surface area contributed by atoms with Crippen LogP contribution in [0, 0.1) is 5.92 Å². The van der Waals surface area contributed by atoms with Crippen molar-refractivity contribution in [1.29, 1.82) is 0 Å². The summed E-state index contributed by atoms with van der Waals surface area (Å²) in [5, 5.41) is 9.20. The van der Waals surface area contributed by atoms with Crippen molar-refractivity contribution in [2.45, 2.75) is 51.7 Å². The highest BCUT2D eigenvalue weighted by atomic mass is 16.3. The van der Waals surface area contributed by atoms with Crippen molar-refractivity contribution in [2.24, 2.45) is 5.92 Å². The lowest BCUT2D eigenvalue weighted by Gasteiger charge is -2.30. The lowest BCUT2D eigenvalue weighted by atomic mass is 9.84. The van der Waals surface area contributed by atoms with E-state index in [4.69, 9.17) is 0 Å². The van der Waals surface area contributed by atoms with E-state index < -0.39 is 0 Å². The molecular weight excluding hydrogens is 188 g/mol. The van der Waals surface area contributed by atoms with E-state index >= 15 is 0 Å². The zero-order chi connectivity index (χ0) is 10.7. The van der Waals surface area contributed by atoms with Gasteiger partial charge in [0.15, 0.2) is 0 Å². The first-order valence-electron chi connectivity index (χ1n) is 5.96. The Balaban J connectivity index is 2.09. The molecular formula is C12H20N2O. The molecule has 0 radical (unpaired) electrons. The lowest BCUT2D eigenvalue weighted by molar-refractivity contribution is 0.232. The van der Waals surface area contributed by atoms with E-state index in [-0.39, 0.29) is 6.61 Å². The molecule has 1 saturated carbocycles. The van der Waals surface area contributed by atoms with Crippen LogP contribution < -0.4 is 0 Å². The maximum Gasteiger partial charge on any atom is 0.0951 e. The summed E-state index contributed by atoms with van der Waals surface area (Å²) < 4.78 is 2.17. The van der Waals surface area contributed by atoms with Crippen molar-refractivity contribution in [3.8, 4) is 0 Å². The summed E-state index contributed by atoms with van der Waals surface area (Å²) in [5.74, 6) is 0.859. The van der Waals surface area contributed by atoms with E-state index in [2.05, 4.69) is 16.5 Å². The molecule has 3 heteroatoms. The summed E-state index contributed by atoms with van der Waals surface area (Å²) in [4.78, 5) is 4.12. The second kappa shape index (κ2) is 4.79. The highest BCUT2D eigenvalue weighted by molar-refractivity contribution is 4.99. The molecule has 1 fully saturated rings. The van der Waals surface area contributed by atoms with Crippen LogP contribution in [0.2, 0.25) is 0 Å². The molecule has 1 aliphatic carbocycles. The Morgan fingerprint density at radius 3 is 3.13 bits per heavy atom. The van der Waals surface area contributed by atoms with E-state index in [9.17, 15) is 5.11 Å². The van der Waals surface area contributed by atoms with Crippen LogP contribution in [0.25, 0.3) is 0 Å². The Bertz CT molecular complexity index is 308. The van der Waals surface area contributed by atoms with Crippen LogP contribution in [-0.2, 0) is 6.61 Å².